The lowest BCUT2D eigenvalue weighted by atomic mass is 10.2. The zero-order valence-electron chi connectivity index (χ0n) is 14.3. The van der Waals surface area contributed by atoms with Gasteiger partial charge < -0.3 is 9.13 Å². The Kier molecular flexibility index (Phi) is 5.44. The van der Waals surface area contributed by atoms with Gasteiger partial charge in [-0.05, 0) is 18.1 Å². The van der Waals surface area contributed by atoms with Gasteiger partial charge in [0.1, 0.15) is 16.8 Å². The highest BCUT2D eigenvalue weighted by Crippen LogP contribution is 2.28. The van der Waals surface area contributed by atoms with E-state index in [1.165, 1.54) is 17.8 Å². The molecule has 5 nitrogen and oxygen atoms in total. The number of hydrogen-bond donors (Lipinski definition) is 0. The predicted molar refractivity (Wildman–Crippen MR) is 98.0 cm³/mol. The maximum atomic E-state index is 14.2. The molecule has 2 aromatic heterocycles. The molecule has 0 atom stereocenters. The Hall–Kier alpha value is -1.86. The summed E-state index contributed by atoms with van der Waals surface area (Å²) in [5, 5.41) is 9.85. The molecule has 0 N–H and O–H groups in total. The van der Waals surface area contributed by atoms with Gasteiger partial charge in [-0.3, -0.25) is 0 Å². The van der Waals surface area contributed by atoms with Gasteiger partial charge in [-0.25, -0.2) is 9.37 Å². The topological polar surface area (TPSA) is 48.5 Å². The second-order valence-electron chi connectivity index (χ2n) is 6.14. The van der Waals surface area contributed by atoms with E-state index in [0.29, 0.717) is 34.8 Å². The van der Waals surface area contributed by atoms with Crippen LogP contribution in [0.1, 0.15) is 19.7 Å². The minimum absolute atomic E-state index is 0.299. The molecule has 1 aromatic carbocycles. The lowest BCUT2D eigenvalue weighted by Crippen LogP contribution is -2.08. The van der Waals surface area contributed by atoms with Crippen molar-refractivity contribution in [1.29, 1.82) is 0 Å². The average Bonchev–Trinajstić information content (AvgIpc) is 3.10. The molecule has 0 saturated carbocycles. The van der Waals surface area contributed by atoms with Crippen LogP contribution in [0.15, 0.2) is 35.6 Å². The molecular formula is C17H19ClFN5S. The first-order valence-corrected chi connectivity index (χ1v) is 9.30. The molecule has 0 saturated heterocycles. The molecule has 0 aliphatic heterocycles. The maximum absolute atomic E-state index is 14.2. The molecule has 0 unspecified atom stereocenters. The summed E-state index contributed by atoms with van der Waals surface area (Å²) in [6.07, 6.45) is 1.63. The van der Waals surface area contributed by atoms with Crippen LogP contribution in [-0.4, -0.2) is 24.3 Å². The molecule has 2 heterocycles. The van der Waals surface area contributed by atoms with E-state index in [-0.39, 0.29) is 5.82 Å². The minimum Gasteiger partial charge on any atom is -0.322 e. The van der Waals surface area contributed by atoms with Crippen molar-refractivity contribution in [2.45, 2.75) is 31.3 Å². The molecule has 8 heteroatoms. The van der Waals surface area contributed by atoms with Crippen molar-refractivity contribution in [3.8, 4) is 11.4 Å². The highest BCUT2D eigenvalue weighted by Gasteiger charge is 2.18. The normalized spacial score (nSPS) is 11.4. The number of imidazole rings is 1. The summed E-state index contributed by atoms with van der Waals surface area (Å²) >= 11 is 7.55. The molecule has 0 bridgehead atoms. The average molecular weight is 380 g/mol. The fourth-order valence-corrected chi connectivity index (χ4v) is 3.54. The first kappa shape index (κ1) is 17.9. The van der Waals surface area contributed by atoms with Crippen LogP contribution in [0.5, 0.6) is 0 Å². The smallest absolute Gasteiger partial charge is 0.191 e. The summed E-state index contributed by atoms with van der Waals surface area (Å²) in [6, 6.07) is 6.63. The zero-order chi connectivity index (χ0) is 18.0. The van der Waals surface area contributed by atoms with Gasteiger partial charge in [-0.15, -0.1) is 10.2 Å². The third-order valence-electron chi connectivity index (χ3n) is 3.74. The van der Waals surface area contributed by atoms with E-state index in [1.54, 1.807) is 24.4 Å². The maximum Gasteiger partial charge on any atom is 0.191 e. The lowest BCUT2D eigenvalue weighted by Gasteiger charge is -2.13. The third kappa shape index (κ3) is 3.88. The molecule has 0 fully saturated rings. The van der Waals surface area contributed by atoms with Gasteiger partial charge in [0.2, 0.25) is 0 Å². The van der Waals surface area contributed by atoms with Crippen molar-refractivity contribution >= 4 is 23.4 Å². The molecule has 3 aromatic rings. The van der Waals surface area contributed by atoms with E-state index < -0.39 is 0 Å². The summed E-state index contributed by atoms with van der Waals surface area (Å²) in [5.74, 6) is 2.08. The summed E-state index contributed by atoms with van der Waals surface area (Å²) in [4.78, 5) is 4.29. The van der Waals surface area contributed by atoms with E-state index in [4.69, 9.17) is 11.6 Å². The van der Waals surface area contributed by atoms with Crippen LogP contribution in [0.3, 0.4) is 0 Å². The van der Waals surface area contributed by atoms with Gasteiger partial charge in [0, 0.05) is 13.6 Å². The molecule has 0 radical (unpaired) electrons. The van der Waals surface area contributed by atoms with E-state index in [1.807, 2.05) is 16.2 Å². The van der Waals surface area contributed by atoms with Crippen molar-refractivity contribution in [1.82, 2.24) is 24.3 Å². The molecule has 0 spiro atoms. The molecule has 0 amide bonds. The molecule has 0 aliphatic carbocycles. The Labute approximate surface area is 155 Å². The number of benzene rings is 1. The second-order valence-corrected chi connectivity index (χ2v) is 7.47. The summed E-state index contributed by atoms with van der Waals surface area (Å²) < 4.78 is 18.0. The Morgan fingerprint density at radius 2 is 2.00 bits per heavy atom. The molecule has 0 aliphatic rings. The SMILES string of the molecule is CC(C)Cn1c(SCc2ncc(Cl)n2C)nnc1-c1ccccc1F. The first-order valence-electron chi connectivity index (χ1n) is 7.94. The van der Waals surface area contributed by atoms with E-state index >= 15 is 0 Å². The van der Waals surface area contributed by atoms with Crippen LogP contribution in [0.2, 0.25) is 5.15 Å². The van der Waals surface area contributed by atoms with Crippen molar-refractivity contribution in [3.63, 3.8) is 0 Å². The Morgan fingerprint density at radius 1 is 1.24 bits per heavy atom. The van der Waals surface area contributed by atoms with Gasteiger partial charge in [-0.1, -0.05) is 49.3 Å². The molecule has 3 rings (SSSR count). The summed E-state index contributed by atoms with van der Waals surface area (Å²) in [6.45, 7) is 4.93. The summed E-state index contributed by atoms with van der Waals surface area (Å²) in [7, 11) is 1.87. The summed E-state index contributed by atoms with van der Waals surface area (Å²) in [5.41, 5.74) is 0.461. The van der Waals surface area contributed by atoms with Crippen LogP contribution in [0.4, 0.5) is 4.39 Å². The fourth-order valence-electron chi connectivity index (χ4n) is 2.45. The largest absolute Gasteiger partial charge is 0.322 e. The molecule has 25 heavy (non-hydrogen) atoms. The Bertz CT molecular complexity index is 874. The lowest BCUT2D eigenvalue weighted by molar-refractivity contribution is 0.496. The van der Waals surface area contributed by atoms with E-state index in [0.717, 1.165) is 11.0 Å². The van der Waals surface area contributed by atoms with Gasteiger partial charge in [0.15, 0.2) is 11.0 Å². The van der Waals surface area contributed by atoms with Crippen LogP contribution in [0, 0.1) is 11.7 Å². The third-order valence-corrected chi connectivity index (χ3v) is 5.05. The second kappa shape index (κ2) is 7.58. The van der Waals surface area contributed by atoms with Crippen LogP contribution in [-0.2, 0) is 19.3 Å². The van der Waals surface area contributed by atoms with Gasteiger partial charge in [-0.2, -0.15) is 0 Å². The quantitative estimate of drug-likeness (QED) is 0.595. The van der Waals surface area contributed by atoms with Gasteiger partial charge >= 0.3 is 0 Å². The number of halogens is 2. The van der Waals surface area contributed by atoms with Crippen LogP contribution in [0.25, 0.3) is 11.4 Å². The van der Waals surface area contributed by atoms with E-state index in [9.17, 15) is 4.39 Å². The van der Waals surface area contributed by atoms with Crippen LogP contribution >= 0.6 is 23.4 Å². The number of rotatable bonds is 6. The van der Waals surface area contributed by atoms with Crippen molar-refractivity contribution in [3.05, 3.63) is 47.3 Å². The predicted octanol–water partition coefficient (Wildman–Crippen LogP) is 4.42. The number of nitrogens with zero attached hydrogens (tertiary/aromatic N) is 5. The van der Waals surface area contributed by atoms with E-state index in [2.05, 4.69) is 29.0 Å². The minimum atomic E-state index is -0.299. The van der Waals surface area contributed by atoms with Crippen LogP contribution < -0.4 is 0 Å². The monoisotopic (exact) mass is 379 g/mol. The van der Waals surface area contributed by atoms with Gasteiger partial charge in [0.25, 0.3) is 0 Å². The molecule has 132 valence electrons. The Morgan fingerprint density at radius 3 is 2.64 bits per heavy atom. The highest BCUT2D eigenvalue weighted by atomic mass is 35.5. The van der Waals surface area contributed by atoms with Crippen molar-refractivity contribution < 1.29 is 4.39 Å². The zero-order valence-corrected chi connectivity index (χ0v) is 15.9. The van der Waals surface area contributed by atoms with Crippen molar-refractivity contribution in [2.24, 2.45) is 13.0 Å². The highest BCUT2D eigenvalue weighted by molar-refractivity contribution is 7.98. The van der Waals surface area contributed by atoms with Crippen molar-refractivity contribution in [2.75, 3.05) is 0 Å². The standard InChI is InChI=1S/C17H19ClFN5S/c1-11(2)9-24-16(12-6-4-5-7-13(12)19)21-22-17(24)25-10-15-20-8-14(18)23(15)3/h4-8,11H,9-10H2,1-3H3. The first-order chi connectivity index (χ1) is 12.0. The van der Waals surface area contributed by atoms with Gasteiger partial charge in [0.05, 0.1) is 17.5 Å². The molecular weight excluding hydrogens is 361 g/mol. The number of thioether (sulfide) groups is 1. The number of aromatic nitrogens is 5. The fraction of sp³-hybridized carbons (Fsp3) is 0.353. The number of hydrogen-bond acceptors (Lipinski definition) is 4. The Balaban J connectivity index is 1.91.